The van der Waals surface area contributed by atoms with Crippen LogP contribution in [0.5, 0.6) is 0 Å². The van der Waals surface area contributed by atoms with E-state index in [1.807, 2.05) is 18.2 Å². The fraction of sp³-hybridized carbons (Fsp3) is 0.536. The maximum Gasteiger partial charge on any atom is 0.150 e. The molecule has 6 unspecified atom stereocenters. The number of fused-ring (bicyclic) bond motifs is 5. The zero-order valence-corrected chi connectivity index (χ0v) is 18.5. The second-order valence-corrected chi connectivity index (χ2v) is 10.5. The van der Waals surface area contributed by atoms with Gasteiger partial charge in [0.1, 0.15) is 6.29 Å². The number of aldehydes is 1. The topological polar surface area (TPSA) is 57.5 Å². The summed E-state index contributed by atoms with van der Waals surface area (Å²) in [6.07, 6.45) is 7.89. The quantitative estimate of drug-likeness (QED) is 0.691. The Labute approximate surface area is 185 Å². The van der Waals surface area contributed by atoms with Crippen LogP contribution < -0.4 is 0 Å². The van der Waals surface area contributed by atoms with Crippen LogP contribution in [0.4, 0.5) is 0 Å². The van der Waals surface area contributed by atoms with Gasteiger partial charge in [0.15, 0.2) is 0 Å². The smallest absolute Gasteiger partial charge is 0.150 e. The van der Waals surface area contributed by atoms with Crippen molar-refractivity contribution in [3.05, 3.63) is 70.3 Å². The van der Waals surface area contributed by atoms with E-state index in [0.29, 0.717) is 17.8 Å². The molecule has 0 heterocycles. The van der Waals surface area contributed by atoms with Gasteiger partial charge in [0.25, 0.3) is 0 Å². The van der Waals surface area contributed by atoms with Crippen LogP contribution in [0.3, 0.4) is 0 Å². The van der Waals surface area contributed by atoms with Gasteiger partial charge in [-0.25, -0.2) is 0 Å². The molecule has 0 amide bonds. The highest BCUT2D eigenvalue weighted by Crippen LogP contribution is 2.62. The van der Waals surface area contributed by atoms with Gasteiger partial charge < -0.3 is 10.2 Å². The molecule has 3 heteroatoms. The second-order valence-electron chi connectivity index (χ2n) is 10.5. The Hall–Kier alpha value is -1.97. The monoisotopic (exact) mass is 418 g/mol. The Morgan fingerprint density at radius 1 is 1.13 bits per heavy atom. The molecule has 3 nitrogen and oxygen atoms in total. The lowest BCUT2D eigenvalue weighted by molar-refractivity contribution is -0.0325. The Balaban J connectivity index is 1.38. The Kier molecular flexibility index (Phi) is 5.52. The summed E-state index contributed by atoms with van der Waals surface area (Å²) < 4.78 is 0. The van der Waals surface area contributed by atoms with Crippen molar-refractivity contribution in [2.45, 2.75) is 63.9 Å². The lowest BCUT2D eigenvalue weighted by Gasteiger charge is -2.50. The first kappa shape index (κ1) is 20.9. The fourth-order valence-electron chi connectivity index (χ4n) is 7.36. The van der Waals surface area contributed by atoms with Crippen molar-refractivity contribution >= 4 is 6.29 Å². The Bertz CT molecular complexity index is 966. The molecule has 2 fully saturated rings. The minimum absolute atomic E-state index is 0.00242. The van der Waals surface area contributed by atoms with Gasteiger partial charge >= 0.3 is 0 Å². The molecule has 2 aromatic rings. The zero-order valence-electron chi connectivity index (χ0n) is 18.5. The van der Waals surface area contributed by atoms with E-state index in [4.69, 9.17) is 0 Å². The Morgan fingerprint density at radius 3 is 2.81 bits per heavy atom. The van der Waals surface area contributed by atoms with Gasteiger partial charge in [0.2, 0.25) is 0 Å². The average molecular weight is 419 g/mol. The summed E-state index contributed by atoms with van der Waals surface area (Å²) >= 11 is 0. The Morgan fingerprint density at radius 2 is 2.00 bits per heavy atom. The summed E-state index contributed by atoms with van der Waals surface area (Å²) in [7, 11) is 0. The van der Waals surface area contributed by atoms with Crippen molar-refractivity contribution in [2.75, 3.05) is 6.61 Å². The van der Waals surface area contributed by atoms with Gasteiger partial charge in [-0.05, 0) is 102 Å². The molecule has 0 radical (unpaired) electrons. The largest absolute Gasteiger partial charge is 0.396 e. The zero-order chi connectivity index (χ0) is 21.6. The van der Waals surface area contributed by atoms with Crippen LogP contribution >= 0.6 is 0 Å². The van der Waals surface area contributed by atoms with Crippen LogP contribution in [0.25, 0.3) is 0 Å². The summed E-state index contributed by atoms with van der Waals surface area (Å²) in [5, 5.41) is 20.7. The molecule has 0 saturated heterocycles. The lowest BCUT2D eigenvalue weighted by atomic mass is 9.55. The number of aryl methyl sites for hydroxylation is 1. The van der Waals surface area contributed by atoms with E-state index in [1.54, 1.807) is 0 Å². The van der Waals surface area contributed by atoms with Gasteiger partial charge in [-0.2, -0.15) is 0 Å². The first-order chi connectivity index (χ1) is 15.0. The minimum atomic E-state index is -0.272. The van der Waals surface area contributed by atoms with Gasteiger partial charge in [0, 0.05) is 12.2 Å². The van der Waals surface area contributed by atoms with Gasteiger partial charge in [-0.3, -0.25) is 4.79 Å². The van der Waals surface area contributed by atoms with Gasteiger partial charge in [-0.15, -0.1) is 0 Å². The molecule has 2 saturated carbocycles. The third-order valence-electron chi connectivity index (χ3n) is 8.89. The van der Waals surface area contributed by atoms with Gasteiger partial charge in [0.05, 0.1) is 6.10 Å². The maximum atomic E-state index is 11.4. The molecule has 0 aliphatic heterocycles. The summed E-state index contributed by atoms with van der Waals surface area (Å²) in [5.41, 5.74) is 6.14. The highest BCUT2D eigenvalue weighted by Gasteiger charge is 2.57. The van der Waals surface area contributed by atoms with Crippen LogP contribution in [0, 0.1) is 23.2 Å². The lowest BCUT2D eigenvalue weighted by Crippen LogP contribution is -2.44. The molecule has 31 heavy (non-hydrogen) atoms. The van der Waals surface area contributed by atoms with E-state index < -0.39 is 0 Å². The van der Waals surface area contributed by atoms with Crippen molar-refractivity contribution in [1.29, 1.82) is 0 Å². The summed E-state index contributed by atoms with van der Waals surface area (Å²) in [5.74, 6) is 2.08. The van der Waals surface area contributed by atoms with Crippen molar-refractivity contribution < 1.29 is 15.0 Å². The first-order valence-electron chi connectivity index (χ1n) is 12.0. The molecular formula is C28H34O3. The van der Waals surface area contributed by atoms with E-state index >= 15 is 0 Å². The summed E-state index contributed by atoms with van der Waals surface area (Å²) in [6, 6.07) is 14.7. The number of hydrogen-bond acceptors (Lipinski definition) is 3. The number of aliphatic hydroxyl groups is 2. The normalized spacial score (nSPS) is 34.0. The van der Waals surface area contributed by atoms with Crippen LogP contribution in [0.2, 0.25) is 0 Å². The number of rotatable bonds is 5. The minimum Gasteiger partial charge on any atom is -0.396 e. The molecule has 164 valence electrons. The third-order valence-corrected chi connectivity index (χ3v) is 8.89. The molecule has 2 aromatic carbocycles. The van der Waals surface area contributed by atoms with Crippen molar-refractivity contribution in [1.82, 2.24) is 0 Å². The molecular weight excluding hydrogens is 384 g/mol. The number of hydrogen-bond donors (Lipinski definition) is 2. The molecule has 0 spiro atoms. The van der Waals surface area contributed by atoms with Gasteiger partial charge in [-0.1, -0.05) is 43.3 Å². The SMILES string of the molecule is CC12CCC3c4ccc(CCO)cc4CCC3C1CC(Cc1cccc(C=O)c1)C2O. The van der Waals surface area contributed by atoms with Crippen molar-refractivity contribution in [2.24, 2.45) is 23.2 Å². The highest BCUT2D eigenvalue weighted by molar-refractivity contribution is 5.74. The highest BCUT2D eigenvalue weighted by atomic mass is 16.3. The summed E-state index contributed by atoms with van der Waals surface area (Å²) in [4.78, 5) is 11.2. The molecule has 0 aromatic heterocycles. The molecule has 3 aliphatic rings. The second kappa shape index (κ2) is 8.18. The predicted octanol–water partition coefficient (Wildman–Crippen LogP) is 4.72. The maximum absolute atomic E-state index is 11.4. The van der Waals surface area contributed by atoms with E-state index in [9.17, 15) is 15.0 Å². The molecule has 2 N–H and O–H groups in total. The first-order valence-corrected chi connectivity index (χ1v) is 12.0. The summed E-state index contributed by atoms with van der Waals surface area (Å²) in [6.45, 7) is 2.54. The van der Waals surface area contributed by atoms with E-state index in [0.717, 1.165) is 55.9 Å². The number of carbonyl (C=O) groups excluding carboxylic acids is 1. The number of carbonyl (C=O) groups is 1. The third kappa shape index (κ3) is 3.56. The standard InChI is InChI=1S/C28H34O3/c1-28-11-9-24-23-7-5-18(10-12-29)14-21(23)6-8-25(24)26(28)16-22(27(28)31)15-19-3-2-4-20(13-19)17-30/h2-5,7,13-14,17,22,24-27,29,31H,6,8-12,15-16H2,1H3. The number of aliphatic hydroxyl groups excluding tert-OH is 2. The van der Waals surface area contributed by atoms with E-state index in [2.05, 4.69) is 31.2 Å². The van der Waals surface area contributed by atoms with E-state index in [-0.39, 0.29) is 24.0 Å². The molecule has 0 bridgehead atoms. The van der Waals surface area contributed by atoms with Crippen LogP contribution in [0.15, 0.2) is 42.5 Å². The predicted molar refractivity (Wildman–Crippen MR) is 122 cm³/mol. The molecule has 5 rings (SSSR count). The van der Waals surface area contributed by atoms with Crippen molar-refractivity contribution in [3.8, 4) is 0 Å². The molecule has 6 atom stereocenters. The van der Waals surface area contributed by atoms with Crippen LogP contribution in [-0.4, -0.2) is 29.2 Å². The number of benzene rings is 2. The van der Waals surface area contributed by atoms with Crippen LogP contribution in [0.1, 0.15) is 71.1 Å². The van der Waals surface area contributed by atoms with E-state index in [1.165, 1.54) is 23.1 Å². The van der Waals surface area contributed by atoms with Crippen molar-refractivity contribution in [3.63, 3.8) is 0 Å². The fourth-order valence-corrected chi connectivity index (χ4v) is 7.36. The average Bonchev–Trinajstić information content (AvgIpc) is 3.04. The van der Waals surface area contributed by atoms with Crippen LogP contribution in [-0.2, 0) is 19.3 Å². The molecule has 3 aliphatic carbocycles.